The minimum atomic E-state index is 0.200. The van der Waals surface area contributed by atoms with Crippen molar-refractivity contribution in [1.82, 2.24) is 15.1 Å². The molecule has 0 saturated carbocycles. The molecule has 106 valence electrons. The number of rotatable bonds is 1. The molecule has 1 aromatic heterocycles. The quantitative estimate of drug-likeness (QED) is 0.862. The molecule has 0 saturated heterocycles. The molecule has 1 aliphatic rings. The zero-order valence-corrected chi connectivity index (χ0v) is 12.8. The highest BCUT2D eigenvalue weighted by Gasteiger charge is 2.20. The van der Waals surface area contributed by atoms with Gasteiger partial charge in [-0.25, -0.2) is 0 Å². The third kappa shape index (κ3) is 2.27. The third-order valence-electron chi connectivity index (χ3n) is 4.09. The molecule has 0 spiro atoms. The molecule has 2 aromatic rings. The second kappa shape index (κ2) is 4.74. The lowest BCUT2D eigenvalue weighted by molar-refractivity contribution is 0.590. The minimum absolute atomic E-state index is 0.200. The van der Waals surface area contributed by atoms with Crippen LogP contribution in [0.1, 0.15) is 37.6 Å². The molecule has 0 radical (unpaired) electrons. The molecule has 3 heteroatoms. The van der Waals surface area contributed by atoms with Gasteiger partial charge in [-0.1, -0.05) is 45.0 Å². The molecule has 0 unspecified atom stereocenters. The predicted octanol–water partition coefficient (Wildman–Crippen LogP) is 3.03. The van der Waals surface area contributed by atoms with Crippen molar-refractivity contribution in [2.24, 2.45) is 7.05 Å². The Morgan fingerprint density at radius 1 is 1.15 bits per heavy atom. The highest BCUT2D eigenvalue weighted by atomic mass is 15.3. The normalized spacial score (nSPS) is 15.2. The zero-order valence-electron chi connectivity index (χ0n) is 12.8. The van der Waals surface area contributed by atoms with E-state index in [1.54, 1.807) is 0 Å². The van der Waals surface area contributed by atoms with Gasteiger partial charge in [-0.05, 0) is 11.0 Å². The monoisotopic (exact) mass is 269 g/mol. The van der Waals surface area contributed by atoms with Gasteiger partial charge >= 0.3 is 0 Å². The van der Waals surface area contributed by atoms with Crippen LogP contribution in [0.2, 0.25) is 0 Å². The maximum Gasteiger partial charge on any atom is 0.0726 e. The van der Waals surface area contributed by atoms with Gasteiger partial charge in [0.05, 0.1) is 11.4 Å². The SMILES string of the molecule is Cn1nc2c(c1-c1ccc(C(C)(C)C)cc1)CNCC2. The topological polar surface area (TPSA) is 29.9 Å². The van der Waals surface area contributed by atoms with Crippen LogP contribution in [0, 0.1) is 0 Å². The fraction of sp³-hybridized carbons (Fsp3) is 0.471. The second-order valence-corrected chi connectivity index (χ2v) is 6.65. The van der Waals surface area contributed by atoms with Gasteiger partial charge in [-0.3, -0.25) is 4.68 Å². The van der Waals surface area contributed by atoms with Crippen molar-refractivity contribution in [3.8, 4) is 11.3 Å². The van der Waals surface area contributed by atoms with Crippen molar-refractivity contribution < 1.29 is 0 Å². The first kappa shape index (κ1) is 13.4. The van der Waals surface area contributed by atoms with Gasteiger partial charge in [0.25, 0.3) is 0 Å². The van der Waals surface area contributed by atoms with Gasteiger partial charge in [-0.15, -0.1) is 0 Å². The molecule has 0 bridgehead atoms. The standard InChI is InChI=1S/C17H23N3/c1-17(2,3)13-7-5-12(6-8-13)16-14-11-18-10-9-15(14)19-20(16)4/h5-8,18H,9-11H2,1-4H3. The van der Waals surface area contributed by atoms with Crippen molar-refractivity contribution in [2.45, 2.75) is 39.2 Å². The highest BCUT2D eigenvalue weighted by molar-refractivity contribution is 5.65. The van der Waals surface area contributed by atoms with Crippen LogP contribution in [0.4, 0.5) is 0 Å². The molecule has 1 N–H and O–H groups in total. The molecule has 1 aliphatic heterocycles. The van der Waals surface area contributed by atoms with Crippen molar-refractivity contribution >= 4 is 0 Å². The number of hydrogen-bond acceptors (Lipinski definition) is 2. The van der Waals surface area contributed by atoms with E-state index in [1.165, 1.54) is 28.1 Å². The van der Waals surface area contributed by atoms with E-state index >= 15 is 0 Å². The van der Waals surface area contributed by atoms with Crippen molar-refractivity contribution in [1.29, 1.82) is 0 Å². The summed E-state index contributed by atoms with van der Waals surface area (Å²) in [5.41, 5.74) is 6.70. The molecule has 20 heavy (non-hydrogen) atoms. The van der Waals surface area contributed by atoms with Gasteiger partial charge in [0.15, 0.2) is 0 Å². The van der Waals surface area contributed by atoms with Crippen LogP contribution in [0.15, 0.2) is 24.3 Å². The van der Waals surface area contributed by atoms with E-state index in [4.69, 9.17) is 0 Å². The fourth-order valence-electron chi connectivity index (χ4n) is 2.92. The van der Waals surface area contributed by atoms with E-state index in [9.17, 15) is 0 Å². The minimum Gasteiger partial charge on any atom is -0.312 e. The molecular formula is C17H23N3. The van der Waals surface area contributed by atoms with Gasteiger partial charge < -0.3 is 5.32 Å². The number of benzene rings is 1. The summed E-state index contributed by atoms with van der Waals surface area (Å²) in [7, 11) is 2.05. The average Bonchev–Trinajstić information content (AvgIpc) is 2.73. The lowest BCUT2D eigenvalue weighted by Gasteiger charge is -2.19. The summed E-state index contributed by atoms with van der Waals surface area (Å²) in [4.78, 5) is 0. The number of hydrogen-bond donors (Lipinski definition) is 1. The number of nitrogens with one attached hydrogen (secondary N) is 1. The lowest BCUT2D eigenvalue weighted by atomic mass is 9.86. The first-order chi connectivity index (χ1) is 9.47. The Hall–Kier alpha value is -1.61. The highest BCUT2D eigenvalue weighted by Crippen LogP contribution is 2.30. The molecule has 3 rings (SSSR count). The first-order valence-electron chi connectivity index (χ1n) is 7.33. The average molecular weight is 269 g/mol. The summed E-state index contributed by atoms with van der Waals surface area (Å²) in [6.45, 7) is 8.71. The number of nitrogens with zero attached hydrogens (tertiary/aromatic N) is 2. The van der Waals surface area contributed by atoms with Crippen molar-refractivity contribution in [2.75, 3.05) is 6.54 Å². The summed E-state index contributed by atoms with van der Waals surface area (Å²) in [6, 6.07) is 8.94. The molecule has 0 atom stereocenters. The molecule has 0 fully saturated rings. The van der Waals surface area contributed by atoms with Crippen LogP contribution in [0.25, 0.3) is 11.3 Å². The van der Waals surface area contributed by atoms with Crippen LogP contribution in [-0.4, -0.2) is 16.3 Å². The zero-order chi connectivity index (χ0) is 14.3. The Bertz CT molecular complexity index is 615. The maximum absolute atomic E-state index is 4.68. The van der Waals surface area contributed by atoms with E-state index in [2.05, 4.69) is 55.5 Å². The Labute approximate surface area is 121 Å². The van der Waals surface area contributed by atoms with E-state index in [-0.39, 0.29) is 5.41 Å². The maximum atomic E-state index is 4.68. The Kier molecular flexibility index (Phi) is 3.17. The van der Waals surface area contributed by atoms with Gasteiger partial charge in [0.1, 0.15) is 0 Å². The molecule has 2 heterocycles. The molecule has 0 aliphatic carbocycles. The number of aryl methyl sites for hydroxylation is 1. The molecular weight excluding hydrogens is 246 g/mol. The Morgan fingerprint density at radius 2 is 1.85 bits per heavy atom. The predicted molar refractivity (Wildman–Crippen MR) is 82.8 cm³/mol. The van der Waals surface area contributed by atoms with Gasteiger partial charge in [-0.2, -0.15) is 5.10 Å². The number of fused-ring (bicyclic) bond motifs is 1. The lowest BCUT2D eigenvalue weighted by Crippen LogP contribution is -2.23. The fourth-order valence-corrected chi connectivity index (χ4v) is 2.92. The summed E-state index contributed by atoms with van der Waals surface area (Å²) in [5.74, 6) is 0. The largest absolute Gasteiger partial charge is 0.312 e. The van der Waals surface area contributed by atoms with Crippen molar-refractivity contribution in [3.63, 3.8) is 0 Å². The van der Waals surface area contributed by atoms with Gasteiger partial charge in [0, 0.05) is 37.7 Å². The van der Waals surface area contributed by atoms with E-state index in [0.29, 0.717) is 0 Å². The Morgan fingerprint density at radius 3 is 2.50 bits per heavy atom. The summed E-state index contributed by atoms with van der Waals surface area (Å²) in [5, 5.41) is 8.12. The van der Waals surface area contributed by atoms with E-state index < -0.39 is 0 Å². The smallest absolute Gasteiger partial charge is 0.0726 e. The first-order valence-corrected chi connectivity index (χ1v) is 7.33. The number of aromatic nitrogens is 2. The van der Waals surface area contributed by atoms with Crippen LogP contribution < -0.4 is 5.32 Å². The Balaban J connectivity index is 2.03. The van der Waals surface area contributed by atoms with E-state index in [0.717, 1.165) is 19.5 Å². The molecule has 1 aromatic carbocycles. The molecule has 0 amide bonds. The van der Waals surface area contributed by atoms with Crippen molar-refractivity contribution in [3.05, 3.63) is 41.1 Å². The summed E-state index contributed by atoms with van der Waals surface area (Å²) >= 11 is 0. The second-order valence-electron chi connectivity index (χ2n) is 6.65. The molecule has 3 nitrogen and oxygen atoms in total. The third-order valence-corrected chi connectivity index (χ3v) is 4.09. The van der Waals surface area contributed by atoms with Crippen LogP contribution in [0.5, 0.6) is 0 Å². The summed E-state index contributed by atoms with van der Waals surface area (Å²) < 4.78 is 2.03. The summed E-state index contributed by atoms with van der Waals surface area (Å²) in [6.07, 6.45) is 1.03. The van der Waals surface area contributed by atoms with Gasteiger partial charge in [0.2, 0.25) is 0 Å². The van der Waals surface area contributed by atoms with Crippen LogP contribution >= 0.6 is 0 Å². The van der Waals surface area contributed by atoms with Crippen LogP contribution in [-0.2, 0) is 25.4 Å². The van der Waals surface area contributed by atoms with E-state index in [1.807, 2.05) is 11.7 Å². The van der Waals surface area contributed by atoms with Crippen LogP contribution in [0.3, 0.4) is 0 Å².